The third kappa shape index (κ3) is 3.77. The van der Waals surface area contributed by atoms with E-state index < -0.39 is 0 Å². The first-order valence-corrected chi connectivity index (χ1v) is 5.87. The maximum Gasteiger partial charge on any atom is 0.00512 e. The van der Waals surface area contributed by atoms with Crippen LogP contribution in [0.5, 0.6) is 0 Å². The van der Waals surface area contributed by atoms with Crippen molar-refractivity contribution in [2.45, 2.75) is 39.5 Å². The van der Waals surface area contributed by atoms with E-state index in [1.807, 2.05) is 11.3 Å². The molecule has 1 aromatic heterocycles. The van der Waals surface area contributed by atoms with Crippen LogP contribution in [0.25, 0.3) is 0 Å². The van der Waals surface area contributed by atoms with Gasteiger partial charge in [-0.15, -0.1) is 11.3 Å². The Balaban J connectivity index is 2.39. The molecular weight excluding hydrogens is 176 g/mol. The van der Waals surface area contributed by atoms with Gasteiger partial charge in [-0.2, -0.15) is 0 Å². The van der Waals surface area contributed by atoms with Gasteiger partial charge in [-0.25, -0.2) is 0 Å². The second-order valence-corrected chi connectivity index (χ2v) is 4.48. The molecule has 0 atom stereocenters. The van der Waals surface area contributed by atoms with Crippen molar-refractivity contribution in [3.63, 3.8) is 0 Å². The first-order chi connectivity index (χ1) is 6.36. The van der Waals surface area contributed by atoms with Gasteiger partial charge in [-0.3, -0.25) is 0 Å². The molecule has 1 aromatic rings. The summed E-state index contributed by atoms with van der Waals surface area (Å²) in [5.74, 6) is 0. The summed E-state index contributed by atoms with van der Waals surface area (Å²) in [6, 6.07) is 4.55. The van der Waals surface area contributed by atoms with Crippen molar-refractivity contribution in [2.24, 2.45) is 0 Å². The van der Waals surface area contributed by atoms with Gasteiger partial charge in [0.15, 0.2) is 0 Å². The molecule has 1 heteroatoms. The molecule has 0 nitrogen and oxygen atoms in total. The van der Waals surface area contributed by atoms with Crippen LogP contribution in [0, 0.1) is 0 Å². The van der Waals surface area contributed by atoms with Gasteiger partial charge >= 0.3 is 0 Å². The Kier molecular flexibility index (Phi) is 4.84. The predicted molar refractivity (Wildman–Crippen MR) is 61.4 cm³/mol. The monoisotopic (exact) mass is 194 g/mol. The molecule has 0 saturated carbocycles. The summed E-state index contributed by atoms with van der Waals surface area (Å²) >= 11 is 1.97. The maximum atomic E-state index is 2.28. The van der Waals surface area contributed by atoms with Crippen molar-refractivity contribution in [1.29, 1.82) is 0 Å². The Morgan fingerprint density at radius 1 is 1.23 bits per heavy atom. The Bertz CT molecular complexity index is 258. The normalized spacial score (nSPS) is 11.2. The van der Waals surface area contributed by atoms with Gasteiger partial charge in [-0.05, 0) is 38.3 Å². The van der Waals surface area contributed by atoms with E-state index in [0.717, 1.165) is 0 Å². The fourth-order valence-electron chi connectivity index (χ4n) is 1.33. The minimum absolute atomic E-state index is 1.18. The van der Waals surface area contributed by atoms with Gasteiger partial charge < -0.3 is 0 Å². The highest BCUT2D eigenvalue weighted by atomic mass is 32.1. The van der Waals surface area contributed by atoms with Crippen LogP contribution in [-0.4, -0.2) is 0 Å². The first kappa shape index (κ1) is 10.5. The van der Waals surface area contributed by atoms with E-state index in [2.05, 4.69) is 38.1 Å². The minimum Gasteiger partial charge on any atom is -0.145 e. The fraction of sp³-hybridized carbons (Fsp3) is 0.500. The predicted octanol–water partition coefficient (Wildman–Crippen LogP) is 4.21. The fourth-order valence-corrected chi connectivity index (χ4v) is 2.46. The summed E-state index contributed by atoms with van der Waals surface area (Å²) in [5.41, 5.74) is 0. The van der Waals surface area contributed by atoms with Crippen molar-refractivity contribution < 1.29 is 0 Å². The van der Waals surface area contributed by atoms with Crippen molar-refractivity contribution in [1.82, 2.24) is 0 Å². The van der Waals surface area contributed by atoms with E-state index in [-0.39, 0.29) is 0 Å². The molecule has 0 aromatic carbocycles. The van der Waals surface area contributed by atoms with Crippen molar-refractivity contribution in [3.8, 4) is 0 Å². The van der Waals surface area contributed by atoms with Gasteiger partial charge in [0.1, 0.15) is 0 Å². The lowest BCUT2D eigenvalue weighted by atomic mass is 10.2. The van der Waals surface area contributed by atoms with E-state index in [1.54, 1.807) is 0 Å². The Labute approximate surface area is 85.3 Å². The minimum atomic E-state index is 1.18. The zero-order valence-electron chi connectivity index (χ0n) is 8.55. The highest BCUT2D eigenvalue weighted by Crippen LogP contribution is 2.19. The molecule has 1 rings (SSSR count). The molecule has 0 spiro atoms. The summed E-state index contributed by atoms with van der Waals surface area (Å²) in [6.07, 6.45) is 9.25. The molecule has 0 radical (unpaired) electrons. The summed E-state index contributed by atoms with van der Waals surface area (Å²) in [5, 5.41) is 0. The summed E-state index contributed by atoms with van der Waals surface area (Å²) < 4.78 is 0. The van der Waals surface area contributed by atoms with Crippen molar-refractivity contribution in [3.05, 3.63) is 34.0 Å². The lowest BCUT2D eigenvalue weighted by molar-refractivity contribution is 0.940. The van der Waals surface area contributed by atoms with E-state index >= 15 is 0 Å². The van der Waals surface area contributed by atoms with Crippen LogP contribution in [0.4, 0.5) is 0 Å². The molecule has 0 bridgehead atoms. The van der Waals surface area contributed by atoms with Crippen LogP contribution in [0.3, 0.4) is 0 Å². The highest BCUT2D eigenvalue weighted by molar-refractivity contribution is 7.11. The Hall–Kier alpha value is -0.560. The largest absolute Gasteiger partial charge is 0.145 e. The number of allylic oxidation sites excluding steroid dienone is 2. The van der Waals surface area contributed by atoms with E-state index in [9.17, 15) is 0 Å². The summed E-state index contributed by atoms with van der Waals surface area (Å²) in [6.45, 7) is 4.32. The smallest absolute Gasteiger partial charge is 0.00512 e. The quantitative estimate of drug-likeness (QED) is 0.616. The van der Waals surface area contributed by atoms with E-state index in [0.29, 0.717) is 0 Å². The summed E-state index contributed by atoms with van der Waals surface area (Å²) in [4.78, 5) is 3.07. The average molecular weight is 194 g/mol. The molecule has 0 aliphatic heterocycles. The Morgan fingerprint density at radius 3 is 2.54 bits per heavy atom. The lowest BCUT2D eigenvalue weighted by Gasteiger charge is -1.91. The van der Waals surface area contributed by atoms with Gasteiger partial charge in [0, 0.05) is 9.75 Å². The molecule has 72 valence electrons. The van der Waals surface area contributed by atoms with Crippen LogP contribution in [0.2, 0.25) is 0 Å². The third-order valence-corrected chi connectivity index (χ3v) is 3.21. The van der Waals surface area contributed by atoms with E-state index in [4.69, 9.17) is 0 Å². The summed E-state index contributed by atoms with van der Waals surface area (Å²) in [7, 11) is 0. The number of rotatable bonds is 5. The molecule has 1 heterocycles. The topological polar surface area (TPSA) is 0 Å². The van der Waals surface area contributed by atoms with E-state index in [1.165, 1.54) is 35.4 Å². The molecule has 0 unspecified atom stereocenters. The SMILES string of the molecule is C/C=C\CCc1ccc(CCC)s1. The molecule has 0 amide bonds. The zero-order valence-corrected chi connectivity index (χ0v) is 9.36. The lowest BCUT2D eigenvalue weighted by Crippen LogP contribution is -1.75. The van der Waals surface area contributed by atoms with Crippen LogP contribution in [-0.2, 0) is 12.8 Å². The molecule has 0 saturated heterocycles. The molecule has 0 aliphatic carbocycles. The third-order valence-electron chi connectivity index (χ3n) is 2.01. The molecule has 0 aliphatic rings. The van der Waals surface area contributed by atoms with Gasteiger partial charge in [0.05, 0.1) is 0 Å². The molecule has 13 heavy (non-hydrogen) atoms. The second-order valence-electron chi connectivity index (χ2n) is 3.23. The van der Waals surface area contributed by atoms with Crippen LogP contribution in [0.15, 0.2) is 24.3 Å². The average Bonchev–Trinajstić information content (AvgIpc) is 2.54. The first-order valence-electron chi connectivity index (χ1n) is 5.05. The maximum absolute atomic E-state index is 2.28. The van der Waals surface area contributed by atoms with Crippen molar-refractivity contribution >= 4 is 11.3 Å². The number of hydrogen-bond acceptors (Lipinski definition) is 1. The van der Waals surface area contributed by atoms with Gasteiger partial charge in [-0.1, -0.05) is 25.5 Å². The second kappa shape index (κ2) is 5.98. The van der Waals surface area contributed by atoms with Crippen LogP contribution >= 0.6 is 11.3 Å². The molecular formula is C12H18S. The Morgan fingerprint density at radius 2 is 1.92 bits per heavy atom. The molecule has 0 N–H and O–H groups in total. The van der Waals surface area contributed by atoms with Crippen LogP contribution in [0.1, 0.15) is 36.4 Å². The number of thiophene rings is 1. The standard InChI is InChI=1S/C12H18S/c1-3-5-6-8-12-10-9-11(13-12)7-4-2/h3,5,9-10H,4,6-8H2,1-2H3/b5-3-. The zero-order chi connectivity index (χ0) is 9.52. The van der Waals surface area contributed by atoms with Gasteiger partial charge in [0.2, 0.25) is 0 Å². The number of aryl methyl sites for hydroxylation is 2. The van der Waals surface area contributed by atoms with Crippen molar-refractivity contribution in [2.75, 3.05) is 0 Å². The highest BCUT2D eigenvalue weighted by Gasteiger charge is 1.97. The van der Waals surface area contributed by atoms with Gasteiger partial charge in [0.25, 0.3) is 0 Å². The molecule has 0 fully saturated rings. The van der Waals surface area contributed by atoms with Crippen LogP contribution < -0.4 is 0 Å². The number of hydrogen-bond donors (Lipinski definition) is 0.